The van der Waals surface area contributed by atoms with E-state index in [9.17, 15) is 14.4 Å². The minimum atomic E-state index is -0.697. The Bertz CT molecular complexity index is 1420. The van der Waals surface area contributed by atoms with Gasteiger partial charge in [-0.25, -0.2) is 4.79 Å². The lowest BCUT2D eigenvalue weighted by Crippen LogP contribution is -2.40. The molecule has 4 aromatic rings. The van der Waals surface area contributed by atoms with Gasteiger partial charge in [-0.15, -0.1) is 0 Å². The van der Waals surface area contributed by atoms with E-state index in [-0.39, 0.29) is 23.5 Å². The summed E-state index contributed by atoms with van der Waals surface area (Å²) in [4.78, 5) is 41.9. The molecule has 0 unspecified atom stereocenters. The van der Waals surface area contributed by atoms with Gasteiger partial charge in [-0.05, 0) is 44.4 Å². The van der Waals surface area contributed by atoms with E-state index in [4.69, 9.17) is 4.52 Å². The van der Waals surface area contributed by atoms with Gasteiger partial charge in [0.05, 0.1) is 5.69 Å². The van der Waals surface area contributed by atoms with Crippen molar-refractivity contribution >= 4 is 5.91 Å². The molecule has 0 aliphatic carbocycles. The molecule has 2 aromatic carbocycles. The maximum atomic E-state index is 12.7. The molecule has 1 N–H and O–H groups in total. The summed E-state index contributed by atoms with van der Waals surface area (Å²) in [6.45, 7) is 3.80. The summed E-state index contributed by atoms with van der Waals surface area (Å²) in [5.74, 6) is -1.02. The molecule has 0 saturated heterocycles. The van der Waals surface area contributed by atoms with Gasteiger partial charge in [-0.1, -0.05) is 53.2 Å². The number of carbonyl (C=O) groups excluding carboxylic acids is 1. The standard InChI is InChI=1S/C24H24N6O4/c1-15-9-13-18(14-10-15)30-24(33)29(3)23(32)19(27-30)20-26-22(34-28-20)21(31)25-16(2)11-12-17-7-5-4-6-8-17/h4-10,13-14,16H,11-12H2,1-3H3,(H,25,31)/t16-/m0/s1. The molecule has 2 aromatic heterocycles. The van der Waals surface area contributed by atoms with E-state index in [0.717, 1.165) is 27.7 Å². The summed E-state index contributed by atoms with van der Waals surface area (Å²) >= 11 is 0. The number of carbonyl (C=O) groups is 1. The second kappa shape index (κ2) is 9.65. The van der Waals surface area contributed by atoms with E-state index in [2.05, 4.69) is 20.6 Å². The van der Waals surface area contributed by atoms with Crippen molar-refractivity contribution in [2.45, 2.75) is 32.7 Å². The molecule has 1 atom stereocenters. The zero-order valence-electron chi connectivity index (χ0n) is 19.1. The van der Waals surface area contributed by atoms with Gasteiger partial charge in [-0.2, -0.15) is 14.8 Å². The van der Waals surface area contributed by atoms with Crippen molar-refractivity contribution in [1.82, 2.24) is 29.8 Å². The predicted molar refractivity (Wildman–Crippen MR) is 125 cm³/mol. The highest BCUT2D eigenvalue weighted by atomic mass is 16.5. The number of nitrogens with one attached hydrogen (secondary N) is 1. The van der Waals surface area contributed by atoms with Crippen LogP contribution in [0.5, 0.6) is 0 Å². The van der Waals surface area contributed by atoms with Crippen LogP contribution in [0.25, 0.3) is 17.2 Å². The number of benzene rings is 2. The zero-order chi connectivity index (χ0) is 24.2. The summed E-state index contributed by atoms with van der Waals surface area (Å²) in [7, 11) is 1.34. The fourth-order valence-corrected chi connectivity index (χ4v) is 3.37. The van der Waals surface area contributed by atoms with E-state index in [1.165, 1.54) is 12.6 Å². The predicted octanol–water partition coefficient (Wildman–Crippen LogP) is 2.04. The lowest BCUT2D eigenvalue weighted by atomic mass is 10.1. The smallest absolute Gasteiger partial charge is 0.345 e. The van der Waals surface area contributed by atoms with Crippen molar-refractivity contribution in [3.8, 4) is 17.2 Å². The largest absolute Gasteiger partial charge is 0.351 e. The fourth-order valence-electron chi connectivity index (χ4n) is 3.37. The third-order valence-corrected chi connectivity index (χ3v) is 5.37. The Balaban J connectivity index is 1.54. The Hall–Kier alpha value is -4.34. The Kier molecular flexibility index (Phi) is 6.48. The summed E-state index contributed by atoms with van der Waals surface area (Å²) in [5.41, 5.74) is 1.13. The minimum Gasteiger partial charge on any atom is -0.345 e. The Labute approximate surface area is 194 Å². The molecule has 10 nitrogen and oxygen atoms in total. The van der Waals surface area contributed by atoms with Crippen molar-refractivity contribution in [2.24, 2.45) is 7.05 Å². The zero-order valence-corrected chi connectivity index (χ0v) is 19.1. The molecule has 2 heterocycles. The van der Waals surface area contributed by atoms with Crippen LogP contribution in [0.15, 0.2) is 68.7 Å². The molecule has 0 saturated carbocycles. The fraction of sp³-hybridized carbons (Fsp3) is 0.250. The van der Waals surface area contributed by atoms with Crippen LogP contribution in [0.3, 0.4) is 0 Å². The molecule has 0 radical (unpaired) electrons. The molecule has 0 aliphatic rings. The van der Waals surface area contributed by atoms with Gasteiger partial charge in [-0.3, -0.25) is 14.2 Å². The van der Waals surface area contributed by atoms with Gasteiger partial charge < -0.3 is 9.84 Å². The van der Waals surface area contributed by atoms with E-state index in [0.29, 0.717) is 5.69 Å². The molecule has 34 heavy (non-hydrogen) atoms. The maximum absolute atomic E-state index is 12.7. The number of rotatable bonds is 7. The van der Waals surface area contributed by atoms with Gasteiger partial charge >= 0.3 is 17.5 Å². The number of aryl methyl sites for hydroxylation is 2. The highest BCUT2D eigenvalue weighted by molar-refractivity contribution is 5.90. The monoisotopic (exact) mass is 460 g/mol. The van der Waals surface area contributed by atoms with Crippen LogP contribution in [-0.4, -0.2) is 36.4 Å². The lowest BCUT2D eigenvalue weighted by Gasteiger charge is -2.12. The van der Waals surface area contributed by atoms with Crippen LogP contribution >= 0.6 is 0 Å². The average molecular weight is 460 g/mol. The summed E-state index contributed by atoms with van der Waals surface area (Å²) in [6, 6.07) is 16.9. The van der Waals surface area contributed by atoms with Crippen molar-refractivity contribution in [1.29, 1.82) is 0 Å². The highest BCUT2D eigenvalue weighted by Crippen LogP contribution is 2.11. The number of hydrogen-bond donors (Lipinski definition) is 1. The van der Waals surface area contributed by atoms with Crippen LogP contribution < -0.4 is 16.6 Å². The van der Waals surface area contributed by atoms with E-state index in [1.807, 2.05) is 56.3 Å². The third-order valence-electron chi connectivity index (χ3n) is 5.37. The number of amides is 1. The second-order valence-electron chi connectivity index (χ2n) is 8.06. The third kappa shape index (κ3) is 4.85. The molecule has 0 fully saturated rings. The molecule has 1 amide bonds. The van der Waals surface area contributed by atoms with Gasteiger partial charge in [0.25, 0.3) is 5.56 Å². The van der Waals surface area contributed by atoms with E-state index in [1.54, 1.807) is 12.1 Å². The second-order valence-corrected chi connectivity index (χ2v) is 8.06. The number of hydrogen-bond acceptors (Lipinski definition) is 7. The molecule has 174 valence electrons. The van der Waals surface area contributed by atoms with Crippen LogP contribution in [0.2, 0.25) is 0 Å². The topological polar surface area (TPSA) is 125 Å². The molecule has 4 rings (SSSR count). The van der Waals surface area contributed by atoms with Crippen molar-refractivity contribution in [3.63, 3.8) is 0 Å². The van der Waals surface area contributed by atoms with Gasteiger partial charge in [0.2, 0.25) is 5.82 Å². The Morgan fingerprint density at radius 3 is 2.50 bits per heavy atom. The molecule has 0 aliphatic heterocycles. The first-order chi connectivity index (χ1) is 16.3. The average Bonchev–Trinajstić information content (AvgIpc) is 3.33. The molecule has 10 heteroatoms. The first-order valence-corrected chi connectivity index (χ1v) is 10.8. The van der Waals surface area contributed by atoms with Gasteiger partial charge in [0.1, 0.15) is 0 Å². The Morgan fingerprint density at radius 2 is 1.79 bits per heavy atom. The van der Waals surface area contributed by atoms with Crippen molar-refractivity contribution in [3.05, 3.63) is 92.5 Å². The first-order valence-electron chi connectivity index (χ1n) is 10.8. The summed E-state index contributed by atoms with van der Waals surface area (Å²) in [6.07, 6.45) is 1.53. The number of nitrogens with zero attached hydrogens (tertiary/aromatic N) is 5. The summed E-state index contributed by atoms with van der Waals surface area (Å²) < 4.78 is 7.07. The molecular weight excluding hydrogens is 436 g/mol. The van der Waals surface area contributed by atoms with E-state index < -0.39 is 17.2 Å². The summed E-state index contributed by atoms with van der Waals surface area (Å²) in [5, 5.41) is 10.7. The maximum Gasteiger partial charge on any atom is 0.351 e. The SMILES string of the molecule is Cc1ccc(-n2nc(-c3noc(C(=O)N[C@@H](C)CCc4ccccc4)n3)c(=O)n(C)c2=O)cc1. The normalized spacial score (nSPS) is 11.9. The quantitative estimate of drug-likeness (QED) is 0.447. The van der Waals surface area contributed by atoms with Crippen LogP contribution in [-0.2, 0) is 13.5 Å². The van der Waals surface area contributed by atoms with Crippen molar-refractivity contribution in [2.75, 3.05) is 0 Å². The minimum absolute atomic E-state index is 0.141. The lowest BCUT2D eigenvalue weighted by molar-refractivity contribution is 0.0894. The number of aromatic nitrogens is 5. The van der Waals surface area contributed by atoms with Crippen molar-refractivity contribution < 1.29 is 9.32 Å². The van der Waals surface area contributed by atoms with Crippen LogP contribution in [0.4, 0.5) is 0 Å². The highest BCUT2D eigenvalue weighted by Gasteiger charge is 2.22. The Morgan fingerprint density at radius 1 is 1.09 bits per heavy atom. The first kappa shape index (κ1) is 22.8. The molecular formula is C24H24N6O4. The molecule has 0 bridgehead atoms. The van der Waals surface area contributed by atoms with Gasteiger partial charge in [0.15, 0.2) is 5.69 Å². The van der Waals surface area contributed by atoms with Crippen LogP contribution in [0.1, 0.15) is 35.2 Å². The van der Waals surface area contributed by atoms with Crippen LogP contribution in [0, 0.1) is 6.92 Å². The van der Waals surface area contributed by atoms with E-state index >= 15 is 0 Å². The van der Waals surface area contributed by atoms with Gasteiger partial charge in [0, 0.05) is 13.1 Å². The molecule has 0 spiro atoms.